The molecule has 0 aromatic carbocycles. The van der Waals surface area contributed by atoms with Crippen LogP contribution in [0.2, 0.25) is 5.02 Å². The quantitative estimate of drug-likeness (QED) is 0.401. The van der Waals surface area contributed by atoms with Crippen LogP contribution in [-0.4, -0.2) is 36.0 Å². The molecule has 0 amide bonds. The van der Waals surface area contributed by atoms with Crippen LogP contribution < -0.4 is 15.0 Å². The van der Waals surface area contributed by atoms with Crippen molar-refractivity contribution in [1.82, 2.24) is 24.3 Å². The van der Waals surface area contributed by atoms with Gasteiger partial charge in [0.2, 0.25) is 0 Å². The van der Waals surface area contributed by atoms with Crippen LogP contribution in [0.1, 0.15) is 40.1 Å². The number of hydrogen-bond donors (Lipinski definition) is 1. The Morgan fingerprint density at radius 2 is 2.05 bits per heavy atom. The molecule has 0 saturated heterocycles. The highest BCUT2D eigenvalue weighted by atomic mass is 35.5. The summed E-state index contributed by atoms with van der Waals surface area (Å²) in [7, 11) is 0. The van der Waals surface area contributed by atoms with E-state index in [1.807, 2.05) is 0 Å². The van der Waals surface area contributed by atoms with Crippen molar-refractivity contribution in [3.8, 4) is 23.0 Å². The number of nitrogens with zero attached hydrogens (tertiary/aromatic N) is 5. The van der Waals surface area contributed by atoms with Crippen molar-refractivity contribution in [2.75, 3.05) is 6.61 Å². The van der Waals surface area contributed by atoms with Crippen LogP contribution in [-0.2, 0) is 18.6 Å². The molecule has 1 aliphatic heterocycles. The number of aliphatic hydroxyl groups is 1. The van der Waals surface area contributed by atoms with E-state index in [1.54, 1.807) is 0 Å². The van der Waals surface area contributed by atoms with E-state index >= 15 is 4.39 Å². The topological polar surface area (TPSA) is 104 Å². The first kappa shape index (κ1) is 23.2. The van der Waals surface area contributed by atoms with Gasteiger partial charge >= 0.3 is 0 Å². The fraction of sp³-hybridized carbons (Fsp3) is 0.280. The van der Waals surface area contributed by atoms with Gasteiger partial charge in [-0.25, -0.2) is 22.8 Å². The number of aryl methyl sites for hydroxylation is 1. The fourth-order valence-electron chi connectivity index (χ4n) is 3.84. The molecule has 0 radical (unpaired) electrons. The largest absolute Gasteiger partial charge is 0.490 e. The summed E-state index contributed by atoms with van der Waals surface area (Å²) < 4.78 is 73.0. The number of rotatable bonds is 5. The maximum Gasteiger partial charge on any atom is 0.278 e. The number of halogens is 4. The lowest BCUT2D eigenvalue weighted by molar-refractivity contribution is 0.0734. The summed E-state index contributed by atoms with van der Waals surface area (Å²) in [4.78, 5) is 21.1. The Morgan fingerprint density at radius 1 is 1.26 bits per heavy atom. The van der Waals surface area contributed by atoms with E-state index in [2.05, 4.69) is 15.1 Å². The average molecular weight is 550 g/mol. The second-order valence-electron chi connectivity index (χ2n) is 8.91. The van der Waals surface area contributed by atoms with Gasteiger partial charge in [-0.2, -0.15) is 5.10 Å². The zero-order chi connectivity index (χ0) is 29.0. The first-order valence-corrected chi connectivity index (χ1v) is 11.7. The molecule has 0 unspecified atom stereocenters. The van der Waals surface area contributed by atoms with Crippen LogP contribution in [0, 0.1) is 17.5 Å². The van der Waals surface area contributed by atoms with Gasteiger partial charge in [-0.3, -0.25) is 14.3 Å². The summed E-state index contributed by atoms with van der Waals surface area (Å²) in [6.07, 6.45) is 3.77. The Labute approximate surface area is 221 Å². The summed E-state index contributed by atoms with van der Waals surface area (Å²) in [6.45, 7) is 0.211. The molecule has 0 fully saturated rings. The molecule has 0 spiro atoms. The monoisotopic (exact) mass is 549 g/mol. The highest BCUT2D eigenvalue weighted by Crippen LogP contribution is 2.33. The van der Waals surface area contributed by atoms with Gasteiger partial charge in [0.15, 0.2) is 23.2 Å². The molecular weight excluding hydrogens is 527 g/mol. The van der Waals surface area contributed by atoms with E-state index in [-0.39, 0.29) is 41.7 Å². The third kappa shape index (κ3) is 4.72. The summed E-state index contributed by atoms with van der Waals surface area (Å²) in [5.41, 5.74) is -3.02. The van der Waals surface area contributed by atoms with Crippen molar-refractivity contribution in [3.63, 3.8) is 0 Å². The Hall–Kier alpha value is -3.90. The van der Waals surface area contributed by atoms with Crippen LogP contribution in [0.4, 0.5) is 13.2 Å². The molecule has 5 rings (SSSR count). The Morgan fingerprint density at radius 3 is 2.76 bits per heavy atom. The Kier molecular flexibility index (Phi) is 5.97. The Balaban J connectivity index is 1.64. The molecular formula is C25H21ClF3N5O4. The predicted molar refractivity (Wildman–Crippen MR) is 129 cm³/mol. The molecule has 0 atom stereocenters. The SMILES string of the molecule is [2H]C([2H])(Oc1cc2n(c(=O)c1Cl)-c1c(cnc(-n3ccc(C(C)(C)O)n3)c1F)OCCC2)c1ncc(F)cc1F. The zero-order valence-electron chi connectivity index (χ0n) is 22.0. The smallest absolute Gasteiger partial charge is 0.278 e. The summed E-state index contributed by atoms with van der Waals surface area (Å²) in [6, 6.07) is 3.16. The van der Waals surface area contributed by atoms with Crippen LogP contribution in [0.25, 0.3) is 11.5 Å². The van der Waals surface area contributed by atoms with Crippen LogP contribution in [0.5, 0.6) is 11.5 Å². The highest BCUT2D eigenvalue weighted by Gasteiger charge is 2.27. The van der Waals surface area contributed by atoms with Gasteiger partial charge in [0.1, 0.15) is 40.1 Å². The van der Waals surface area contributed by atoms with Gasteiger partial charge in [-0.1, -0.05) is 11.6 Å². The average Bonchev–Trinajstić information content (AvgIpc) is 3.35. The van der Waals surface area contributed by atoms with Gasteiger partial charge in [-0.15, -0.1) is 0 Å². The number of fused-ring (bicyclic) bond motifs is 3. The van der Waals surface area contributed by atoms with Gasteiger partial charge in [0, 0.05) is 24.0 Å². The highest BCUT2D eigenvalue weighted by molar-refractivity contribution is 6.31. The van der Waals surface area contributed by atoms with Crippen molar-refractivity contribution >= 4 is 11.6 Å². The minimum atomic E-state index is -2.95. The number of aromatic nitrogens is 5. The molecule has 13 heteroatoms. The third-order valence-corrected chi connectivity index (χ3v) is 6.04. The van der Waals surface area contributed by atoms with Crippen molar-refractivity contribution in [2.24, 2.45) is 0 Å². The second kappa shape index (κ2) is 9.76. The molecule has 198 valence electrons. The van der Waals surface area contributed by atoms with Crippen LogP contribution in [0.3, 0.4) is 0 Å². The normalized spacial score (nSPS) is 14.4. The Bertz CT molecular complexity index is 1690. The molecule has 4 aromatic rings. The summed E-state index contributed by atoms with van der Waals surface area (Å²) in [5, 5.41) is 13.8. The molecule has 1 aliphatic rings. The van der Waals surface area contributed by atoms with Crippen molar-refractivity contribution in [3.05, 3.63) is 86.7 Å². The van der Waals surface area contributed by atoms with E-state index in [1.165, 1.54) is 38.4 Å². The minimum Gasteiger partial charge on any atom is -0.490 e. The molecule has 4 aromatic heterocycles. The van der Waals surface area contributed by atoms with E-state index < -0.39 is 51.6 Å². The van der Waals surface area contributed by atoms with E-state index in [0.717, 1.165) is 9.25 Å². The molecule has 0 bridgehead atoms. The van der Waals surface area contributed by atoms with Gasteiger partial charge < -0.3 is 14.6 Å². The van der Waals surface area contributed by atoms with Crippen molar-refractivity contribution < 1.29 is 30.5 Å². The molecule has 5 heterocycles. The first-order valence-electron chi connectivity index (χ1n) is 12.3. The number of ether oxygens (including phenoxy) is 2. The van der Waals surface area contributed by atoms with E-state index in [9.17, 15) is 18.7 Å². The van der Waals surface area contributed by atoms with E-state index in [4.69, 9.17) is 23.8 Å². The number of pyridine rings is 3. The fourth-order valence-corrected chi connectivity index (χ4v) is 4.02. The predicted octanol–water partition coefficient (Wildman–Crippen LogP) is 4.02. The molecule has 1 N–H and O–H groups in total. The lowest BCUT2D eigenvalue weighted by atomic mass is 10.1. The standard InChI is InChI=1S/C25H21ClF3N5O4/c1-25(2,36)19-5-6-33(32-19)23-21(29)22-18(11-31-23)37-7-3-4-14-9-17(20(26)24(35)34(14)22)38-12-16-15(28)8-13(27)10-30-16/h5-6,8-11,36H,3-4,7,12H2,1-2H3/i12D2. The maximum atomic E-state index is 16.1. The first-order chi connectivity index (χ1) is 18.8. The molecule has 38 heavy (non-hydrogen) atoms. The van der Waals surface area contributed by atoms with Gasteiger partial charge in [-0.05, 0) is 32.8 Å². The van der Waals surface area contributed by atoms with Crippen molar-refractivity contribution in [1.29, 1.82) is 0 Å². The second-order valence-corrected chi connectivity index (χ2v) is 9.29. The van der Waals surface area contributed by atoms with Crippen molar-refractivity contribution in [2.45, 2.75) is 38.8 Å². The molecule has 0 aliphatic carbocycles. The van der Waals surface area contributed by atoms with E-state index in [0.29, 0.717) is 18.7 Å². The lowest BCUT2D eigenvalue weighted by Crippen LogP contribution is -2.27. The molecule has 0 saturated carbocycles. The third-order valence-electron chi connectivity index (χ3n) is 5.69. The molecule has 9 nitrogen and oxygen atoms in total. The van der Waals surface area contributed by atoms with Crippen LogP contribution in [0.15, 0.2) is 41.6 Å². The summed E-state index contributed by atoms with van der Waals surface area (Å²) >= 11 is 6.29. The lowest BCUT2D eigenvalue weighted by Gasteiger charge is -2.22. The maximum absolute atomic E-state index is 16.1. The summed E-state index contributed by atoms with van der Waals surface area (Å²) in [5.74, 6) is -4.10. The minimum absolute atomic E-state index is 0.0585. The van der Waals surface area contributed by atoms with Crippen LogP contribution >= 0.6 is 11.6 Å². The number of hydrogen-bond acceptors (Lipinski definition) is 7. The zero-order valence-corrected chi connectivity index (χ0v) is 20.8. The van der Waals surface area contributed by atoms with Gasteiger partial charge in [0.25, 0.3) is 5.56 Å². The van der Waals surface area contributed by atoms with Gasteiger partial charge in [0.05, 0.1) is 27.4 Å².